The molecule has 1 N–H and O–H groups in total. The third kappa shape index (κ3) is 4.20. The minimum absolute atomic E-state index is 0.0843. The lowest BCUT2D eigenvalue weighted by atomic mass is 9.91. The highest BCUT2D eigenvalue weighted by atomic mass is 16.1. The highest BCUT2D eigenvalue weighted by Gasteiger charge is 2.21. The molecular formula is C20H23N3O. The van der Waals surface area contributed by atoms with E-state index in [1.54, 1.807) is 12.1 Å². The molecule has 0 aliphatic rings. The zero-order chi connectivity index (χ0) is 17.9. The van der Waals surface area contributed by atoms with Crippen LogP contribution in [0.5, 0.6) is 0 Å². The van der Waals surface area contributed by atoms with Crippen LogP contribution in [0.1, 0.15) is 66.5 Å². The molecule has 1 aromatic carbocycles. The summed E-state index contributed by atoms with van der Waals surface area (Å²) >= 11 is 0. The topological polar surface area (TPSA) is 65.8 Å². The highest BCUT2D eigenvalue weighted by Crippen LogP contribution is 2.27. The molecule has 4 heteroatoms. The van der Waals surface area contributed by atoms with Crippen LogP contribution in [-0.2, 0) is 0 Å². The van der Waals surface area contributed by atoms with Crippen molar-refractivity contribution < 1.29 is 4.79 Å². The van der Waals surface area contributed by atoms with Gasteiger partial charge in [0.25, 0.3) is 5.91 Å². The number of hydrogen-bond donors (Lipinski definition) is 1. The minimum Gasteiger partial charge on any atom is -0.347 e. The molecule has 0 fully saturated rings. The number of hydrogen-bond acceptors (Lipinski definition) is 3. The van der Waals surface area contributed by atoms with Gasteiger partial charge in [-0.2, -0.15) is 5.26 Å². The number of nitriles is 1. The van der Waals surface area contributed by atoms with Gasteiger partial charge >= 0.3 is 0 Å². The molecule has 0 saturated carbocycles. The van der Waals surface area contributed by atoms with E-state index in [1.807, 2.05) is 58.9 Å². The summed E-state index contributed by atoms with van der Waals surface area (Å²) in [7, 11) is 0. The molecular weight excluding hydrogens is 298 g/mol. The van der Waals surface area contributed by atoms with E-state index in [9.17, 15) is 4.79 Å². The fourth-order valence-corrected chi connectivity index (χ4v) is 2.63. The van der Waals surface area contributed by atoms with Crippen molar-refractivity contribution in [3.8, 4) is 6.07 Å². The lowest BCUT2D eigenvalue weighted by molar-refractivity contribution is 0.0918. The Kier molecular flexibility index (Phi) is 5.04. The summed E-state index contributed by atoms with van der Waals surface area (Å²) in [4.78, 5) is 17.2. The molecule has 124 valence electrons. The summed E-state index contributed by atoms with van der Waals surface area (Å²) in [6.07, 6.45) is 0. The van der Waals surface area contributed by atoms with Gasteiger partial charge in [-0.05, 0) is 51.5 Å². The molecule has 0 aliphatic carbocycles. The number of pyridine rings is 1. The number of benzene rings is 1. The normalized spacial score (nSPS) is 12.3. The van der Waals surface area contributed by atoms with E-state index in [1.165, 1.54) is 0 Å². The number of carbonyl (C=O) groups excluding carboxylic acids is 1. The average molecular weight is 321 g/mol. The van der Waals surface area contributed by atoms with E-state index in [-0.39, 0.29) is 17.4 Å². The quantitative estimate of drug-likeness (QED) is 0.931. The van der Waals surface area contributed by atoms with Crippen LogP contribution >= 0.6 is 0 Å². The maximum Gasteiger partial charge on any atom is 0.251 e. The van der Waals surface area contributed by atoms with Gasteiger partial charge in [0.1, 0.15) is 0 Å². The van der Waals surface area contributed by atoms with Gasteiger partial charge < -0.3 is 5.32 Å². The first-order valence-electron chi connectivity index (χ1n) is 8.01. The van der Waals surface area contributed by atoms with Crippen molar-refractivity contribution in [2.45, 2.75) is 46.1 Å². The van der Waals surface area contributed by atoms with Gasteiger partial charge in [0.2, 0.25) is 0 Å². The first kappa shape index (κ1) is 17.7. The fraction of sp³-hybridized carbons (Fsp3) is 0.350. The summed E-state index contributed by atoms with van der Waals surface area (Å²) < 4.78 is 0. The maximum atomic E-state index is 12.6. The number of aryl methyl sites for hydroxylation is 1. The molecule has 0 bridgehead atoms. The molecule has 1 unspecified atom stereocenters. The van der Waals surface area contributed by atoms with Crippen LogP contribution in [0.15, 0.2) is 36.4 Å². The Balaban J connectivity index is 2.44. The molecule has 2 aromatic rings. The Morgan fingerprint density at radius 2 is 1.92 bits per heavy atom. The largest absolute Gasteiger partial charge is 0.347 e. The molecule has 1 aromatic heterocycles. The monoisotopic (exact) mass is 321 g/mol. The van der Waals surface area contributed by atoms with Gasteiger partial charge in [-0.15, -0.1) is 0 Å². The van der Waals surface area contributed by atoms with Gasteiger partial charge in [0.05, 0.1) is 11.6 Å². The van der Waals surface area contributed by atoms with Crippen LogP contribution in [0.3, 0.4) is 0 Å². The van der Waals surface area contributed by atoms with E-state index in [2.05, 4.69) is 16.4 Å². The van der Waals surface area contributed by atoms with Crippen LogP contribution in [0, 0.1) is 18.3 Å². The van der Waals surface area contributed by atoms with Gasteiger partial charge in [0, 0.05) is 28.4 Å². The average Bonchev–Trinajstić information content (AvgIpc) is 2.51. The molecule has 2 rings (SSSR count). The Morgan fingerprint density at radius 3 is 2.54 bits per heavy atom. The minimum atomic E-state index is -0.303. The van der Waals surface area contributed by atoms with E-state index >= 15 is 0 Å². The standard InChI is InChI=1S/C20H23N3O/c1-13-10-15(12-21)11-18(22-13)14(2)16-8-6-7-9-17(16)19(24)23-20(3,4)5/h6-11,14H,1-5H3,(H,23,24). The third-order valence-electron chi connectivity index (χ3n) is 3.71. The molecule has 1 atom stereocenters. The summed E-state index contributed by atoms with van der Waals surface area (Å²) in [5.74, 6) is -0.183. The number of rotatable bonds is 3. The van der Waals surface area contributed by atoms with Crippen LogP contribution in [0.4, 0.5) is 0 Å². The SMILES string of the molecule is Cc1cc(C#N)cc(C(C)c2ccccc2C(=O)NC(C)(C)C)n1. The Bertz CT molecular complexity index is 797. The van der Waals surface area contributed by atoms with Crippen LogP contribution in [-0.4, -0.2) is 16.4 Å². The number of nitrogens with zero attached hydrogens (tertiary/aromatic N) is 2. The predicted octanol–water partition coefficient (Wildman–Crippen LogP) is 3.94. The van der Waals surface area contributed by atoms with Crippen LogP contribution in [0.25, 0.3) is 0 Å². The van der Waals surface area contributed by atoms with Crippen molar-refractivity contribution in [1.29, 1.82) is 5.26 Å². The van der Waals surface area contributed by atoms with Crippen molar-refractivity contribution in [3.63, 3.8) is 0 Å². The van der Waals surface area contributed by atoms with Crippen LogP contribution in [0.2, 0.25) is 0 Å². The molecule has 24 heavy (non-hydrogen) atoms. The zero-order valence-electron chi connectivity index (χ0n) is 14.8. The highest BCUT2D eigenvalue weighted by molar-refractivity contribution is 5.96. The second-order valence-electron chi connectivity index (χ2n) is 7.05. The molecule has 4 nitrogen and oxygen atoms in total. The smallest absolute Gasteiger partial charge is 0.251 e. The molecule has 0 spiro atoms. The zero-order valence-corrected chi connectivity index (χ0v) is 14.8. The number of amides is 1. The Labute approximate surface area is 143 Å². The van der Waals surface area contributed by atoms with E-state index in [0.717, 1.165) is 17.0 Å². The van der Waals surface area contributed by atoms with E-state index in [0.29, 0.717) is 11.1 Å². The second-order valence-corrected chi connectivity index (χ2v) is 7.05. The maximum absolute atomic E-state index is 12.6. The van der Waals surface area contributed by atoms with Crippen molar-refractivity contribution in [3.05, 3.63) is 64.5 Å². The second kappa shape index (κ2) is 6.84. The first-order chi connectivity index (χ1) is 11.2. The van der Waals surface area contributed by atoms with Gasteiger partial charge in [-0.3, -0.25) is 9.78 Å². The first-order valence-corrected chi connectivity index (χ1v) is 8.01. The fourth-order valence-electron chi connectivity index (χ4n) is 2.63. The lowest BCUT2D eigenvalue weighted by Crippen LogP contribution is -2.41. The molecule has 1 amide bonds. The molecule has 0 radical (unpaired) electrons. The molecule has 1 heterocycles. The predicted molar refractivity (Wildman–Crippen MR) is 94.9 cm³/mol. The summed E-state index contributed by atoms with van der Waals surface area (Å²) in [5.41, 5.74) is 3.42. The summed E-state index contributed by atoms with van der Waals surface area (Å²) in [5, 5.41) is 12.2. The van der Waals surface area contributed by atoms with Crippen molar-refractivity contribution >= 4 is 5.91 Å². The van der Waals surface area contributed by atoms with E-state index in [4.69, 9.17) is 5.26 Å². The third-order valence-corrected chi connectivity index (χ3v) is 3.71. The summed E-state index contributed by atoms with van der Waals surface area (Å²) in [6, 6.07) is 13.3. The molecule has 0 saturated heterocycles. The Morgan fingerprint density at radius 1 is 1.25 bits per heavy atom. The number of nitrogens with one attached hydrogen (secondary N) is 1. The number of aromatic nitrogens is 1. The molecule has 0 aliphatic heterocycles. The number of carbonyl (C=O) groups is 1. The van der Waals surface area contributed by atoms with Crippen molar-refractivity contribution in [2.24, 2.45) is 0 Å². The van der Waals surface area contributed by atoms with Crippen LogP contribution < -0.4 is 5.32 Å². The lowest BCUT2D eigenvalue weighted by Gasteiger charge is -2.23. The van der Waals surface area contributed by atoms with Crippen molar-refractivity contribution in [1.82, 2.24) is 10.3 Å². The Hall–Kier alpha value is -2.67. The van der Waals surface area contributed by atoms with Gasteiger partial charge in [0.15, 0.2) is 0 Å². The van der Waals surface area contributed by atoms with Crippen molar-refractivity contribution in [2.75, 3.05) is 0 Å². The van der Waals surface area contributed by atoms with Gasteiger partial charge in [-0.1, -0.05) is 25.1 Å². The summed E-state index contributed by atoms with van der Waals surface area (Å²) in [6.45, 7) is 9.75. The van der Waals surface area contributed by atoms with Gasteiger partial charge in [-0.25, -0.2) is 0 Å². The van der Waals surface area contributed by atoms with E-state index < -0.39 is 0 Å².